The molecule has 0 spiro atoms. The minimum Gasteiger partial charge on any atom is -0.147 e. The Morgan fingerprint density at radius 3 is 1.33 bits per heavy atom. The van der Waals surface area contributed by atoms with Gasteiger partial charge in [-0.15, -0.1) is 24.8 Å². The van der Waals surface area contributed by atoms with Gasteiger partial charge in [0.2, 0.25) is 0 Å². The summed E-state index contributed by atoms with van der Waals surface area (Å²) in [5, 5.41) is 0. The first-order valence-corrected chi connectivity index (χ1v) is 36.6. The number of allylic oxidation sites excluding steroid dienone is 8. The molecule has 0 heterocycles. The molecule has 0 aromatic heterocycles. The van der Waals surface area contributed by atoms with Crippen molar-refractivity contribution in [1.29, 1.82) is 0 Å². The van der Waals surface area contributed by atoms with E-state index in [9.17, 15) is 0 Å². The van der Waals surface area contributed by atoms with Crippen molar-refractivity contribution >= 4 is 54.8 Å². The third kappa shape index (κ3) is 5.36. The summed E-state index contributed by atoms with van der Waals surface area (Å²) in [5.41, 5.74) is 8.54. The van der Waals surface area contributed by atoms with Crippen LogP contribution < -0.4 is 6.64 Å². The van der Waals surface area contributed by atoms with Crippen molar-refractivity contribution in [3.05, 3.63) is 162 Å². The number of halogens is 2. The molecule has 0 amide bonds. The van der Waals surface area contributed by atoms with Crippen LogP contribution in [0.1, 0.15) is 48.9 Å². The summed E-state index contributed by atoms with van der Waals surface area (Å²) in [7, 11) is 0. The minimum absolute atomic E-state index is 0. The van der Waals surface area contributed by atoms with Crippen molar-refractivity contribution in [3.63, 3.8) is 0 Å². The third-order valence-corrected chi connectivity index (χ3v) is 62.5. The van der Waals surface area contributed by atoms with E-state index in [-0.39, 0.29) is 24.8 Å². The molecule has 4 aromatic carbocycles. The van der Waals surface area contributed by atoms with Gasteiger partial charge in [0.05, 0.1) is 0 Å². The average Bonchev–Trinajstić information content (AvgIpc) is 3.74. The Morgan fingerprint density at radius 2 is 0.952 bits per heavy atom. The molecule has 6 rings (SSSR count). The molecule has 4 aromatic rings. The Bertz CT molecular complexity index is 1630. The smallest absolute Gasteiger partial charge is 0.147 e. The van der Waals surface area contributed by atoms with Crippen molar-refractivity contribution < 1.29 is 15.4 Å². The van der Waals surface area contributed by atoms with Crippen molar-refractivity contribution in [3.8, 4) is 0 Å². The van der Waals surface area contributed by atoms with Crippen LogP contribution in [0.4, 0.5) is 0 Å². The maximum absolute atomic E-state index is 4.51. The first-order valence-electron chi connectivity index (χ1n) is 14.7. The van der Waals surface area contributed by atoms with Crippen LogP contribution >= 0.6 is 24.8 Å². The molecule has 0 saturated heterocycles. The Hall–Kier alpha value is -2.17. The first kappa shape index (κ1) is 32.7. The van der Waals surface area contributed by atoms with Crippen molar-refractivity contribution in [1.82, 2.24) is 0 Å². The zero-order chi connectivity index (χ0) is 27.6. The van der Waals surface area contributed by atoms with Crippen LogP contribution in [0, 0.1) is 0 Å². The summed E-state index contributed by atoms with van der Waals surface area (Å²) >= 11 is -3.24. The monoisotopic (exact) mass is 820 g/mol. The number of hydrogen-bond donors (Lipinski definition) is 0. The Labute approximate surface area is 269 Å². The number of hydrogen-bond acceptors (Lipinski definition) is 0. The fraction of sp³-hybridized carbons (Fsp3) is 0.158. The van der Waals surface area contributed by atoms with Gasteiger partial charge in [-0.3, -0.25) is 0 Å². The minimum atomic E-state index is -4.51. The van der Waals surface area contributed by atoms with Gasteiger partial charge in [-0.1, -0.05) is 0 Å². The number of benzene rings is 4. The zero-order valence-electron chi connectivity index (χ0n) is 24.6. The van der Waals surface area contributed by atoms with E-state index in [1.807, 2.05) is 0 Å². The Kier molecular flexibility index (Phi) is 10.6. The number of aryl methyl sites for hydroxylation is 2. The van der Waals surface area contributed by atoms with Gasteiger partial charge in [-0.2, -0.15) is 0 Å². The van der Waals surface area contributed by atoms with Gasteiger partial charge in [-0.05, 0) is 0 Å². The van der Waals surface area contributed by atoms with E-state index in [4.69, 9.17) is 0 Å². The van der Waals surface area contributed by atoms with Crippen LogP contribution in [0.25, 0.3) is 11.1 Å². The normalized spacial score (nSPS) is 14.6. The topological polar surface area (TPSA) is 0 Å². The SMILES string of the molecule is CCc1cccc(C2=[C]([Hf](=[GeH2])([C]3=C(c4cccc(CC)c4)C=CC3)([c]3ccccc3)[c]3ccccc3)CC=C2)c1.Cl.Cl. The Balaban J connectivity index is 0.00000202. The fourth-order valence-corrected chi connectivity index (χ4v) is 50.9. The molecule has 4 heteroatoms. The molecule has 2 aliphatic rings. The quantitative estimate of drug-likeness (QED) is 0.157. The van der Waals surface area contributed by atoms with E-state index in [1.54, 1.807) is 13.3 Å². The molecule has 0 aliphatic heterocycles. The first-order chi connectivity index (χ1) is 19.6. The maximum Gasteiger partial charge on any atom is -0.147 e. The van der Waals surface area contributed by atoms with Gasteiger partial charge in [0, 0.05) is 0 Å². The predicted octanol–water partition coefficient (Wildman–Crippen LogP) is 8.59. The summed E-state index contributed by atoms with van der Waals surface area (Å²) in [6.07, 6.45) is 14.0. The Morgan fingerprint density at radius 1 is 0.548 bits per heavy atom. The van der Waals surface area contributed by atoms with Gasteiger partial charge >= 0.3 is 247 Å². The summed E-state index contributed by atoms with van der Waals surface area (Å²) in [5.74, 6) is 0. The van der Waals surface area contributed by atoms with Gasteiger partial charge in [0.25, 0.3) is 0 Å². The molecular formula is C38H40Cl2GeHf. The molecule has 2 aliphatic carbocycles. The van der Waals surface area contributed by atoms with Crippen LogP contribution in [0.2, 0.25) is 0 Å². The van der Waals surface area contributed by atoms with Crippen LogP contribution in [-0.4, -0.2) is 12.2 Å². The second-order valence-corrected chi connectivity index (χ2v) is 54.5. The van der Waals surface area contributed by atoms with Gasteiger partial charge in [-0.25, -0.2) is 0 Å². The maximum atomic E-state index is 2.48. The molecule has 0 saturated carbocycles. The largest absolute Gasteiger partial charge is 0.147 e. The predicted molar refractivity (Wildman–Crippen MR) is 188 cm³/mol. The van der Waals surface area contributed by atoms with Crippen LogP contribution in [0.5, 0.6) is 0 Å². The van der Waals surface area contributed by atoms with Crippen molar-refractivity contribution in [2.45, 2.75) is 39.5 Å². The van der Waals surface area contributed by atoms with Crippen molar-refractivity contribution in [2.24, 2.45) is 0 Å². The molecule has 0 bridgehead atoms. The molecule has 0 N–H and O–H groups in total. The van der Waals surface area contributed by atoms with Crippen LogP contribution in [0.3, 0.4) is 0 Å². The summed E-state index contributed by atoms with van der Waals surface area (Å²) in [4.78, 5) is 0. The molecule has 0 atom stereocenters. The molecule has 0 nitrogen and oxygen atoms in total. The average molecular weight is 819 g/mol. The molecular weight excluding hydrogens is 778 g/mol. The standard InChI is InChI=1S/2C13H13.2C6H5.2ClH.GeH2.Hf/c2*1-2-11-6-5-9-13(10-11)12-7-3-4-8-12;2*1-2-4-6-5-3-1;;;;/h2*3,5-7,9-10H,2,4H2,1H3;2*1-5H;2*1H;1H2;. The molecule has 214 valence electrons. The van der Waals surface area contributed by atoms with E-state index < -0.39 is 15.4 Å². The second-order valence-electron chi connectivity index (χ2n) is 11.3. The van der Waals surface area contributed by atoms with E-state index in [2.05, 4.69) is 147 Å². The molecule has 0 radical (unpaired) electrons. The number of rotatable bonds is 8. The zero-order valence-corrected chi connectivity index (χ0v) is 32.7. The molecule has 0 fully saturated rings. The molecule has 42 heavy (non-hydrogen) atoms. The third-order valence-electron chi connectivity index (χ3n) is 9.31. The van der Waals surface area contributed by atoms with E-state index >= 15 is 0 Å². The molecule has 0 unspecified atom stereocenters. The van der Waals surface area contributed by atoms with E-state index in [0.29, 0.717) is 0 Å². The second kappa shape index (κ2) is 13.6. The summed E-state index contributed by atoms with van der Waals surface area (Å²) < 4.78 is 6.64. The van der Waals surface area contributed by atoms with Crippen LogP contribution in [0.15, 0.2) is 140 Å². The van der Waals surface area contributed by atoms with E-state index in [0.717, 1.165) is 25.7 Å². The van der Waals surface area contributed by atoms with Crippen LogP contribution in [-0.2, 0) is 28.2 Å². The van der Waals surface area contributed by atoms with E-state index in [1.165, 1.54) is 45.6 Å². The van der Waals surface area contributed by atoms with Crippen molar-refractivity contribution in [2.75, 3.05) is 0 Å². The van der Waals surface area contributed by atoms with Gasteiger partial charge < -0.3 is 0 Å². The van der Waals surface area contributed by atoms with Gasteiger partial charge in [0.1, 0.15) is 0 Å². The summed E-state index contributed by atoms with van der Waals surface area (Å²) in [6.45, 7) is 4.52. The summed E-state index contributed by atoms with van der Waals surface area (Å²) in [6, 6.07) is 42.0. The van der Waals surface area contributed by atoms with Gasteiger partial charge in [0.15, 0.2) is 0 Å². The fourth-order valence-electron chi connectivity index (χ4n) is 7.17.